The minimum absolute atomic E-state index is 0.142. The average Bonchev–Trinajstić information content (AvgIpc) is 3.14. The highest BCUT2D eigenvalue weighted by Crippen LogP contribution is 2.32. The Morgan fingerprint density at radius 1 is 1.33 bits per heavy atom. The fourth-order valence-corrected chi connectivity index (χ4v) is 3.41. The Bertz CT molecular complexity index is 662. The Balaban J connectivity index is 1.58. The Kier molecular flexibility index (Phi) is 5.20. The second kappa shape index (κ2) is 7.36. The standard InChI is InChI=1S/C17H28N6O/c1-21(2)17-19-11-15(23(17)4)10-18-8-13-6-5-7-24-16(13)14-9-20-22(3)12-14/h9,11-13,16,18H,5-8,10H2,1-4H3/t13-,16+/m0/s1. The zero-order chi connectivity index (χ0) is 17.1. The van der Waals surface area contributed by atoms with Crippen LogP contribution in [0.2, 0.25) is 0 Å². The number of aryl methyl sites for hydroxylation is 1. The van der Waals surface area contributed by atoms with E-state index in [1.165, 1.54) is 17.7 Å². The van der Waals surface area contributed by atoms with Crippen molar-refractivity contribution in [3.63, 3.8) is 0 Å². The number of rotatable bonds is 6. The van der Waals surface area contributed by atoms with Gasteiger partial charge in [0.15, 0.2) is 0 Å². The number of aromatic nitrogens is 4. The lowest BCUT2D eigenvalue weighted by Gasteiger charge is -2.31. The molecular weight excluding hydrogens is 304 g/mol. The van der Waals surface area contributed by atoms with E-state index in [0.717, 1.165) is 32.1 Å². The molecule has 3 rings (SSSR count). The predicted octanol–water partition coefficient (Wildman–Crippen LogP) is 1.48. The number of anilines is 1. The molecule has 1 N–H and O–H groups in total. The topological polar surface area (TPSA) is 60.1 Å². The molecule has 0 amide bonds. The Labute approximate surface area is 143 Å². The summed E-state index contributed by atoms with van der Waals surface area (Å²) in [4.78, 5) is 6.48. The first-order valence-electron chi connectivity index (χ1n) is 8.55. The van der Waals surface area contributed by atoms with Gasteiger partial charge < -0.3 is 19.5 Å². The van der Waals surface area contributed by atoms with Crippen LogP contribution in [0.3, 0.4) is 0 Å². The molecule has 0 aliphatic carbocycles. The van der Waals surface area contributed by atoms with Gasteiger partial charge in [-0.15, -0.1) is 0 Å². The third-order valence-corrected chi connectivity index (χ3v) is 4.67. The lowest BCUT2D eigenvalue weighted by atomic mass is 9.91. The van der Waals surface area contributed by atoms with Crippen molar-refractivity contribution in [3.8, 4) is 0 Å². The van der Waals surface area contributed by atoms with Crippen LogP contribution >= 0.6 is 0 Å². The minimum atomic E-state index is 0.142. The Morgan fingerprint density at radius 3 is 2.83 bits per heavy atom. The number of hydrogen-bond donors (Lipinski definition) is 1. The second-order valence-electron chi connectivity index (χ2n) is 6.77. The summed E-state index contributed by atoms with van der Waals surface area (Å²) in [7, 11) is 8.03. The molecule has 1 aliphatic heterocycles. The number of ether oxygens (including phenoxy) is 1. The second-order valence-corrected chi connectivity index (χ2v) is 6.77. The van der Waals surface area contributed by atoms with Crippen LogP contribution in [0.25, 0.3) is 0 Å². The summed E-state index contributed by atoms with van der Waals surface area (Å²) in [6.07, 6.45) is 8.38. The molecule has 7 heteroatoms. The molecule has 1 aliphatic rings. The molecule has 1 fully saturated rings. The first-order valence-corrected chi connectivity index (χ1v) is 8.55. The van der Waals surface area contributed by atoms with Crippen molar-refractivity contribution < 1.29 is 4.74 Å². The lowest BCUT2D eigenvalue weighted by Crippen LogP contribution is -2.32. The summed E-state index contributed by atoms with van der Waals surface area (Å²) in [6.45, 7) is 2.58. The molecular formula is C17H28N6O. The summed E-state index contributed by atoms with van der Waals surface area (Å²) in [6, 6.07) is 0. The van der Waals surface area contributed by atoms with Crippen molar-refractivity contribution in [1.29, 1.82) is 0 Å². The molecule has 2 aromatic rings. The van der Waals surface area contributed by atoms with E-state index in [0.29, 0.717) is 5.92 Å². The lowest BCUT2D eigenvalue weighted by molar-refractivity contribution is -0.0279. The zero-order valence-corrected chi connectivity index (χ0v) is 15.1. The van der Waals surface area contributed by atoms with Gasteiger partial charge in [0, 0.05) is 65.6 Å². The van der Waals surface area contributed by atoms with Crippen LogP contribution in [0.15, 0.2) is 18.6 Å². The maximum atomic E-state index is 6.03. The molecule has 0 bridgehead atoms. The van der Waals surface area contributed by atoms with E-state index < -0.39 is 0 Å². The van der Waals surface area contributed by atoms with Crippen molar-refractivity contribution in [3.05, 3.63) is 29.8 Å². The number of imidazole rings is 1. The van der Waals surface area contributed by atoms with E-state index in [4.69, 9.17) is 4.74 Å². The van der Waals surface area contributed by atoms with E-state index in [9.17, 15) is 0 Å². The van der Waals surface area contributed by atoms with Crippen molar-refractivity contribution in [2.75, 3.05) is 32.1 Å². The fraction of sp³-hybridized carbons (Fsp3) is 0.647. The van der Waals surface area contributed by atoms with E-state index in [-0.39, 0.29) is 6.10 Å². The highest BCUT2D eigenvalue weighted by atomic mass is 16.5. The molecule has 24 heavy (non-hydrogen) atoms. The quantitative estimate of drug-likeness (QED) is 0.868. The smallest absolute Gasteiger partial charge is 0.204 e. The third kappa shape index (κ3) is 3.62. The molecule has 1 saturated heterocycles. The van der Waals surface area contributed by atoms with Crippen LogP contribution in [-0.2, 0) is 25.4 Å². The van der Waals surface area contributed by atoms with Gasteiger partial charge in [-0.1, -0.05) is 0 Å². The summed E-state index contributed by atoms with van der Waals surface area (Å²) < 4.78 is 10.0. The maximum Gasteiger partial charge on any atom is 0.204 e. The van der Waals surface area contributed by atoms with E-state index in [1.807, 2.05) is 43.1 Å². The number of nitrogens with zero attached hydrogens (tertiary/aromatic N) is 5. The minimum Gasteiger partial charge on any atom is -0.373 e. The highest BCUT2D eigenvalue weighted by molar-refractivity contribution is 5.30. The van der Waals surface area contributed by atoms with E-state index in [1.54, 1.807) is 0 Å². The summed E-state index contributed by atoms with van der Waals surface area (Å²) >= 11 is 0. The van der Waals surface area contributed by atoms with Gasteiger partial charge in [-0.2, -0.15) is 5.10 Å². The summed E-state index contributed by atoms with van der Waals surface area (Å²) in [5, 5.41) is 7.87. The van der Waals surface area contributed by atoms with Gasteiger partial charge in [-0.3, -0.25) is 4.68 Å². The van der Waals surface area contributed by atoms with Crippen molar-refractivity contribution >= 4 is 5.95 Å². The number of nitrogens with one attached hydrogen (secondary N) is 1. The SMILES string of the molecule is CN(C)c1ncc(CNC[C@@H]2CCCO[C@H]2c2cnn(C)c2)n1C. The van der Waals surface area contributed by atoms with Crippen LogP contribution in [0, 0.1) is 5.92 Å². The molecule has 0 spiro atoms. The van der Waals surface area contributed by atoms with Gasteiger partial charge in [0.05, 0.1) is 24.2 Å². The van der Waals surface area contributed by atoms with Gasteiger partial charge in [0.2, 0.25) is 5.95 Å². The normalized spacial score (nSPS) is 21.2. The molecule has 3 heterocycles. The molecule has 2 atom stereocenters. The maximum absolute atomic E-state index is 6.03. The van der Waals surface area contributed by atoms with Gasteiger partial charge in [0.1, 0.15) is 0 Å². The molecule has 132 valence electrons. The Hall–Kier alpha value is -1.86. The molecule has 0 aromatic carbocycles. The fourth-order valence-electron chi connectivity index (χ4n) is 3.41. The van der Waals surface area contributed by atoms with Crippen LogP contribution in [0.5, 0.6) is 0 Å². The van der Waals surface area contributed by atoms with Gasteiger partial charge in [-0.25, -0.2) is 4.98 Å². The van der Waals surface area contributed by atoms with Crippen molar-refractivity contribution in [1.82, 2.24) is 24.6 Å². The third-order valence-electron chi connectivity index (χ3n) is 4.67. The predicted molar refractivity (Wildman–Crippen MR) is 93.9 cm³/mol. The molecule has 2 aromatic heterocycles. The summed E-state index contributed by atoms with van der Waals surface area (Å²) in [5.74, 6) is 1.45. The van der Waals surface area contributed by atoms with Crippen LogP contribution in [0.1, 0.15) is 30.2 Å². The van der Waals surface area contributed by atoms with Gasteiger partial charge >= 0.3 is 0 Å². The highest BCUT2D eigenvalue weighted by Gasteiger charge is 2.28. The molecule has 0 radical (unpaired) electrons. The van der Waals surface area contributed by atoms with Crippen molar-refractivity contribution in [2.24, 2.45) is 20.0 Å². The van der Waals surface area contributed by atoms with Crippen LogP contribution < -0.4 is 10.2 Å². The molecule has 0 unspecified atom stereocenters. The molecule has 0 saturated carbocycles. The molecule has 7 nitrogen and oxygen atoms in total. The van der Waals surface area contributed by atoms with E-state index >= 15 is 0 Å². The van der Waals surface area contributed by atoms with Gasteiger partial charge in [-0.05, 0) is 12.8 Å². The van der Waals surface area contributed by atoms with E-state index in [2.05, 4.69) is 33.2 Å². The summed E-state index contributed by atoms with van der Waals surface area (Å²) in [5.41, 5.74) is 2.37. The monoisotopic (exact) mass is 332 g/mol. The first kappa shape index (κ1) is 17.0. The first-order chi connectivity index (χ1) is 11.6. The Morgan fingerprint density at radius 2 is 2.17 bits per heavy atom. The largest absolute Gasteiger partial charge is 0.373 e. The van der Waals surface area contributed by atoms with Crippen LogP contribution in [-0.4, -0.2) is 46.6 Å². The van der Waals surface area contributed by atoms with Crippen molar-refractivity contribution in [2.45, 2.75) is 25.5 Å². The zero-order valence-electron chi connectivity index (χ0n) is 15.1. The van der Waals surface area contributed by atoms with Gasteiger partial charge in [0.25, 0.3) is 0 Å². The van der Waals surface area contributed by atoms with Crippen LogP contribution in [0.4, 0.5) is 5.95 Å². The number of hydrogen-bond acceptors (Lipinski definition) is 5. The average molecular weight is 332 g/mol.